The first-order valence-electron chi connectivity index (χ1n) is 4.27. The van der Waals surface area contributed by atoms with Crippen molar-refractivity contribution in [1.82, 2.24) is 9.36 Å². The van der Waals surface area contributed by atoms with E-state index in [1.165, 1.54) is 11.5 Å². The molecule has 0 aromatic carbocycles. The zero-order valence-electron chi connectivity index (χ0n) is 7.80. The van der Waals surface area contributed by atoms with Gasteiger partial charge < -0.3 is 9.45 Å². The van der Waals surface area contributed by atoms with E-state index in [1.807, 2.05) is 11.8 Å². The molecular weight excluding hydrogens is 238 g/mol. The average Bonchev–Trinajstić information content (AvgIpc) is 2.68. The lowest BCUT2D eigenvalue weighted by atomic mass is 10.5. The molecule has 1 aliphatic rings. The predicted octanol–water partition coefficient (Wildman–Crippen LogP) is 0.829. The molecule has 0 N–H and O–H groups in total. The van der Waals surface area contributed by atoms with E-state index in [9.17, 15) is 4.55 Å². The molecule has 0 radical (unpaired) electrons. The number of aromatic nitrogens is 2. The maximum atomic E-state index is 11.1. The molecule has 1 aromatic heterocycles. The molecule has 1 atom stereocenters. The van der Waals surface area contributed by atoms with Crippen LogP contribution in [0.2, 0.25) is 0 Å². The lowest BCUT2D eigenvalue weighted by molar-refractivity contribution is 0.594. The Morgan fingerprint density at radius 3 is 2.71 bits per heavy atom. The van der Waals surface area contributed by atoms with Crippen LogP contribution in [0.5, 0.6) is 0 Å². The van der Waals surface area contributed by atoms with E-state index in [4.69, 9.17) is 0 Å². The second-order valence-corrected chi connectivity index (χ2v) is 6.14. The highest BCUT2D eigenvalue weighted by Crippen LogP contribution is 2.22. The maximum Gasteiger partial charge on any atom is 0.355 e. The van der Waals surface area contributed by atoms with Gasteiger partial charge in [-0.25, -0.2) is 0 Å². The molecule has 0 amide bonds. The van der Waals surface area contributed by atoms with E-state index in [0.717, 1.165) is 29.7 Å². The van der Waals surface area contributed by atoms with Crippen LogP contribution in [-0.4, -0.2) is 44.8 Å². The zero-order valence-corrected chi connectivity index (χ0v) is 10.3. The molecule has 2 rings (SSSR count). The Balaban J connectivity index is 2.07. The zero-order chi connectivity index (χ0) is 9.97. The van der Waals surface area contributed by atoms with E-state index < -0.39 is 11.2 Å². The number of hydrogen-bond acceptors (Lipinski definition) is 6. The van der Waals surface area contributed by atoms with E-state index in [-0.39, 0.29) is 0 Å². The Bertz CT molecular complexity index is 298. The molecule has 1 aliphatic heterocycles. The largest absolute Gasteiger partial charge is 0.609 e. The van der Waals surface area contributed by atoms with Gasteiger partial charge in [0, 0.05) is 47.3 Å². The van der Waals surface area contributed by atoms with Crippen molar-refractivity contribution in [3.05, 3.63) is 0 Å². The molecule has 1 fully saturated rings. The molecule has 78 valence electrons. The highest BCUT2D eigenvalue weighted by atomic mass is 32.2. The minimum absolute atomic E-state index is 0.461. The Hall–Kier alpha value is 0.0200. The number of anilines is 1. The Morgan fingerprint density at radius 2 is 2.14 bits per heavy atom. The summed E-state index contributed by atoms with van der Waals surface area (Å²) in [6.07, 6.45) is 1.61. The number of hydrogen-bond donors (Lipinski definition) is 0. The smallest absolute Gasteiger partial charge is 0.355 e. The number of thioether (sulfide) groups is 1. The summed E-state index contributed by atoms with van der Waals surface area (Å²) in [5.74, 6) is 2.29. The van der Waals surface area contributed by atoms with Crippen molar-refractivity contribution in [3.8, 4) is 0 Å². The third-order valence-corrected chi connectivity index (χ3v) is 4.47. The van der Waals surface area contributed by atoms with E-state index >= 15 is 0 Å². The fraction of sp³-hybridized carbons (Fsp3) is 0.714. The van der Waals surface area contributed by atoms with Gasteiger partial charge in [-0.05, 0) is 0 Å². The molecule has 4 nitrogen and oxygen atoms in total. The van der Waals surface area contributed by atoms with Gasteiger partial charge in [0.2, 0.25) is 5.13 Å². The standard InChI is InChI=1S/C7H11N3OS3/c1-14(11)6-8-7(13-9-6)10-2-4-12-5-3-10/h2-5H2,1H3. The first-order chi connectivity index (χ1) is 6.77. The topological polar surface area (TPSA) is 52.1 Å². The van der Waals surface area contributed by atoms with Crippen molar-refractivity contribution >= 4 is 39.6 Å². The van der Waals surface area contributed by atoms with Gasteiger partial charge in [-0.3, -0.25) is 0 Å². The van der Waals surface area contributed by atoms with Gasteiger partial charge in [-0.15, -0.1) is 4.37 Å². The quantitative estimate of drug-likeness (QED) is 0.727. The molecule has 1 unspecified atom stereocenters. The van der Waals surface area contributed by atoms with Crippen LogP contribution in [0.25, 0.3) is 0 Å². The fourth-order valence-corrected chi connectivity index (χ4v) is 3.54. The van der Waals surface area contributed by atoms with Crippen LogP contribution >= 0.6 is 23.3 Å². The van der Waals surface area contributed by atoms with Crippen molar-refractivity contribution in [2.24, 2.45) is 0 Å². The molecular formula is C7H11N3OS3. The summed E-state index contributed by atoms with van der Waals surface area (Å²) in [4.78, 5) is 6.47. The van der Waals surface area contributed by atoms with Crippen molar-refractivity contribution < 1.29 is 4.55 Å². The summed E-state index contributed by atoms with van der Waals surface area (Å²) >= 11 is 2.25. The summed E-state index contributed by atoms with van der Waals surface area (Å²) in [6, 6.07) is 0. The Kier molecular flexibility index (Phi) is 3.53. The van der Waals surface area contributed by atoms with Crippen molar-refractivity contribution in [2.45, 2.75) is 5.16 Å². The molecule has 0 saturated carbocycles. The van der Waals surface area contributed by atoms with Crippen molar-refractivity contribution in [2.75, 3.05) is 35.8 Å². The van der Waals surface area contributed by atoms with Gasteiger partial charge >= 0.3 is 5.16 Å². The monoisotopic (exact) mass is 249 g/mol. The summed E-state index contributed by atoms with van der Waals surface area (Å²) in [6.45, 7) is 2.05. The average molecular weight is 249 g/mol. The molecule has 0 aliphatic carbocycles. The fourth-order valence-electron chi connectivity index (χ4n) is 1.20. The first kappa shape index (κ1) is 10.5. The van der Waals surface area contributed by atoms with Crippen LogP contribution < -0.4 is 4.90 Å². The summed E-state index contributed by atoms with van der Waals surface area (Å²) < 4.78 is 15.2. The number of nitrogens with zero attached hydrogens (tertiary/aromatic N) is 3. The van der Waals surface area contributed by atoms with Crippen LogP contribution in [0.15, 0.2) is 5.16 Å². The highest BCUT2D eigenvalue weighted by molar-refractivity contribution is 7.99. The van der Waals surface area contributed by atoms with Crippen molar-refractivity contribution in [3.63, 3.8) is 0 Å². The van der Waals surface area contributed by atoms with E-state index in [1.54, 1.807) is 6.26 Å². The van der Waals surface area contributed by atoms with Gasteiger partial charge in [0.25, 0.3) is 0 Å². The van der Waals surface area contributed by atoms with Crippen LogP contribution in [0.4, 0.5) is 5.13 Å². The van der Waals surface area contributed by atoms with Gasteiger partial charge in [0.15, 0.2) is 0 Å². The molecule has 1 aromatic rings. The molecule has 2 heterocycles. The van der Waals surface area contributed by atoms with Crippen LogP contribution in [-0.2, 0) is 11.2 Å². The highest BCUT2D eigenvalue weighted by Gasteiger charge is 2.18. The summed E-state index contributed by atoms with van der Waals surface area (Å²) in [7, 11) is 0. The third-order valence-electron chi connectivity index (χ3n) is 1.94. The van der Waals surface area contributed by atoms with E-state index in [2.05, 4.69) is 14.3 Å². The first-order valence-corrected chi connectivity index (χ1v) is 7.76. The Morgan fingerprint density at radius 1 is 1.43 bits per heavy atom. The summed E-state index contributed by atoms with van der Waals surface area (Å²) in [5.41, 5.74) is 0. The Labute approximate surface area is 94.4 Å². The van der Waals surface area contributed by atoms with Gasteiger partial charge in [-0.1, -0.05) is 0 Å². The van der Waals surface area contributed by atoms with Crippen LogP contribution in [0, 0.1) is 0 Å². The van der Waals surface area contributed by atoms with Crippen LogP contribution in [0.1, 0.15) is 0 Å². The second-order valence-electron chi connectivity index (χ2n) is 2.91. The minimum Gasteiger partial charge on any atom is -0.609 e. The molecule has 1 saturated heterocycles. The SMILES string of the molecule is C[S+]([O-])c1nsc(N2CCSCC2)n1. The predicted molar refractivity (Wildman–Crippen MR) is 61.8 cm³/mol. The molecule has 14 heavy (non-hydrogen) atoms. The van der Waals surface area contributed by atoms with Gasteiger partial charge in [0.05, 0.1) is 0 Å². The van der Waals surface area contributed by atoms with Crippen molar-refractivity contribution in [1.29, 1.82) is 0 Å². The molecule has 7 heteroatoms. The van der Waals surface area contributed by atoms with E-state index in [0.29, 0.717) is 5.16 Å². The van der Waals surface area contributed by atoms with Gasteiger partial charge in [0.1, 0.15) is 6.26 Å². The lowest BCUT2D eigenvalue weighted by Crippen LogP contribution is -2.32. The number of rotatable bonds is 2. The van der Waals surface area contributed by atoms with Crippen LogP contribution in [0.3, 0.4) is 0 Å². The third kappa shape index (κ3) is 2.33. The normalized spacial score (nSPS) is 19.7. The molecule has 0 spiro atoms. The summed E-state index contributed by atoms with van der Waals surface area (Å²) in [5, 5.41) is 1.37. The lowest BCUT2D eigenvalue weighted by Gasteiger charge is -2.24. The maximum absolute atomic E-state index is 11.1. The van der Waals surface area contributed by atoms with Gasteiger partial charge in [-0.2, -0.15) is 16.7 Å². The minimum atomic E-state index is -1.06. The second kappa shape index (κ2) is 4.69. The molecule has 0 bridgehead atoms.